The normalized spacial score (nSPS) is 10.9. The van der Waals surface area contributed by atoms with Gasteiger partial charge in [-0.25, -0.2) is 4.98 Å². The van der Waals surface area contributed by atoms with Gasteiger partial charge in [0.15, 0.2) is 0 Å². The highest BCUT2D eigenvalue weighted by molar-refractivity contribution is 9.10. The van der Waals surface area contributed by atoms with Crippen molar-refractivity contribution < 1.29 is 0 Å². The van der Waals surface area contributed by atoms with Crippen molar-refractivity contribution in [3.63, 3.8) is 0 Å². The first-order valence-corrected chi connectivity index (χ1v) is 7.27. The summed E-state index contributed by atoms with van der Waals surface area (Å²) < 4.78 is 0.515. The van der Waals surface area contributed by atoms with Crippen LogP contribution in [0.5, 0.6) is 0 Å². The van der Waals surface area contributed by atoms with Gasteiger partial charge in [0.25, 0.3) is 5.56 Å². The molecule has 106 valence electrons. The maximum atomic E-state index is 12.0. The van der Waals surface area contributed by atoms with Gasteiger partial charge >= 0.3 is 0 Å². The summed E-state index contributed by atoms with van der Waals surface area (Å²) in [6.07, 6.45) is 0. The summed E-state index contributed by atoms with van der Waals surface area (Å²) in [7, 11) is 3.98. The largest absolute Gasteiger partial charge is 0.378 e. The highest BCUT2D eigenvalue weighted by Crippen LogP contribution is 2.23. The smallest absolute Gasteiger partial charge is 0.265 e. The van der Waals surface area contributed by atoms with E-state index in [1.165, 1.54) is 0 Å². The monoisotopic (exact) mass is 335 g/mol. The Hall–Kier alpha value is -1.62. The van der Waals surface area contributed by atoms with Crippen LogP contribution in [-0.4, -0.2) is 24.1 Å². The van der Waals surface area contributed by atoms with E-state index in [-0.39, 0.29) is 11.5 Å². The number of halogens is 1. The number of anilines is 1. The van der Waals surface area contributed by atoms with Crippen LogP contribution >= 0.6 is 15.9 Å². The van der Waals surface area contributed by atoms with E-state index in [0.29, 0.717) is 10.3 Å². The van der Waals surface area contributed by atoms with Crippen molar-refractivity contribution in [2.75, 3.05) is 19.0 Å². The Bertz CT molecular complexity index is 660. The molecule has 20 heavy (non-hydrogen) atoms. The van der Waals surface area contributed by atoms with Crippen LogP contribution in [0, 0.1) is 0 Å². The summed E-state index contributed by atoms with van der Waals surface area (Å²) in [6, 6.07) is 7.94. The molecular formula is C15H18BrN3O. The molecule has 2 aromatic rings. The van der Waals surface area contributed by atoms with Crippen LogP contribution in [0.4, 0.5) is 5.69 Å². The van der Waals surface area contributed by atoms with Crippen molar-refractivity contribution in [2.45, 2.75) is 19.8 Å². The Kier molecular flexibility index (Phi) is 4.28. The fourth-order valence-corrected chi connectivity index (χ4v) is 2.56. The Balaban J connectivity index is 2.50. The van der Waals surface area contributed by atoms with Crippen molar-refractivity contribution in [3.8, 4) is 11.4 Å². The first-order valence-electron chi connectivity index (χ1n) is 6.47. The van der Waals surface area contributed by atoms with E-state index < -0.39 is 0 Å². The van der Waals surface area contributed by atoms with Crippen LogP contribution in [0.2, 0.25) is 0 Å². The number of nitrogens with one attached hydrogen (secondary N) is 1. The molecule has 0 saturated heterocycles. The molecule has 1 aromatic carbocycles. The van der Waals surface area contributed by atoms with Gasteiger partial charge in [0.05, 0.1) is 5.69 Å². The third-order valence-electron chi connectivity index (χ3n) is 3.09. The molecule has 0 radical (unpaired) electrons. The minimum atomic E-state index is -0.143. The SMILES string of the molecule is CC(C)c1nc(-c2ccc(N(C)C)cc2)[nH]c(=O)c1Br. The molecule has 1 aromatic heterocycles. The molecule has 0 aliphatic heterocycles. The van der Waals surface area contributed by atoms with E-state index in [1.807, 2.05) is 57.1 Å². The number of hydrogen-bond donors (Lipinski definition) is 1. The molecule has 0 aliphatic rings. The topological polar surface area (TPSA) is 49.0 Å². The number of nitrogens with zero attached hydrogens (tertiary/aromatic N) is 2. The first-order chi connectivity index (χ1) is 9.40. The van der Waals surface area contributed by atoms with Crippen molar-refractivity contribution in [1.29, 1.82) is 0 Å². The lowest BCUT2D eigenvalue weighted by molar-refractivity contribution is 0.803. The molecule has 0 fully saturated rings. The molecule has 4 nitrogen and oxygen atoms in total. The maximum Gasteiger partial charge on any atom is 0.265 e. The van der Waals surface area contributed by atoms with Gasteiger partial charge in [0, 0.05) is 25.3 Å². The van der Waals surface area contributed by atoms with Crippen LogP contribution in [0.25, 0.3) is 11.4 Å². The molecule has 0 bridgehead atoms. The van der Waals surface area contributed by atoms with Crippen LogP contribution in [0.1, 0.15) is 25.5 Å². The second-order valence-electron chi connectivity index (χ2n) is 5.21. The molecule has 5 heteroatoms. The van der Waals surface area contributed by atoms with Crippen LogP contribution < -0.4 is 10.5 Å². The van der Waals surface area contributed by atoms with E-state index >= 15 is 0 Å². The summed E-state index contributed by atoms with van der Waals surface area (Å²) in [5, 5.41) is 0. The summed E-state index contributed by atoms with van der Waals surface area (Å²) in [6.45, 7) is 4.04. The summed E-state index contributed by atoms with van der Waals surface area (Å²) in [5.74, 6) is 0.790. The second-order valence-corrected chi connectivity index (χ2v) is 6.00. The highest BCUT2D eigenvalue weighted by atomic mass is 79.9. The zero-order valence-electron chi connectivity index (χ0n) is 12.1. The van der Waals surface area contributed by atoms with Gasteiger partial charge in [-0.1, -0.05) is 13.8 Å². The molecule has 0 atom stereocenters. The van der Waals surface area contributed by atoms with E-state index in [0.717, 1.165) is 16.9 Å². The van der Waals surface area contributed by atoms with Crippen molar-refractivity contribution in [1.82, 2.24) is 9.97 Å². The summed E-state index contributed by atoms with van der Waals surface area (Å²) in [4.78, 5) is 21.4. The molecule has 0 spiro atoms. The fraction of sp³-hybridized carbons (Fsp3) is 0.333. The van der Waals surface area contributed by atoms with E-state index in [2.05, 4.69) is 25.9 Å². The standard InChI is InChI=1S/C15H18BrN3O/c1-9(2)13-12(16)15(20)18-14(17-13)10-5-7-11(8-6-10)19(3)4/h5-9H,1-4H3,(H,17,18,20). The van der Waals surface area contributed by atoms with Gasteiger partial charge in [0.1, 0.15) is 10.3 Å². The Morgan fingerprint density at radius 3 is 2.30 bits per heavy atom. The Morgan fingerprint density at radius 2 is 1.80 bits per heavy atom. The molecule has 1 heterocycles. The number of rotatable bonds is 3. The van der Waals surface area contributed by atoms with E-state index in [1.54, 1.807) is 0 Å². The highest BCUT2D eigenvalue weighted by Gasteiger charge is 2.13. The molecular weight excluding hydrogens is 318 g/mol. The van der Waals surface area contributed by atoms with Crippen LogP contribution in [0.15, 0.2) is 33.5 Å². The lowest BCUT2D eigenvalue weighted by atomic mass is 10.1. The fourth-order valence-electron chi connectivity index (χ4n) is 1.91. The van der Waals surface area contributed by atoms with Crippen LogP contribution in [-0.2, 0) is 0 Å². The lowest BCUT2D eigenvalue weighted by Gasteiger charge is -2.13. The third-order valence-corrected chi connectivity index (χ3v) is 3.86. The van der Waals surface area contributed by atoms with E-state index in [4.69, 9.17) is 0 Å². The van der Waals surface area contributed by atoms with Gasteiger partial charge in [0.2, 0.25) is 0 Å². The van der Waals surface area contributed by atoms with Gasteiger partial charge in [-0.3, -0.25) is 4.79 Å². The number of hydrogen-bond acceptors (Lipinski definition) is 3. The van der Waals surface area contributed by atoms with Gasteiger partial charge < -0.3 is 9.88 Å². The zero-order valence-corrected chi connectivity index (χ0v) is 13.7. The number of benzene rings is 1. The van der Waals surface area contributed by atoms with Crippen molar-refractivity contribution in [2.24, 2.45) is 0 Å². The molecule has 0 amide bonds. The molecule has 1 N–H and O–H groups in total. The number of H-pyrrole nitrogens is 1. The average molecular weight is 336 g/mol. The van der Waals surface area contributed by atoms with Crippen molar-refractivity contribution in [3.05, 3.63) is 44.8 Å². The zero-order chi connectivity index (χ0) is 14.9. The predicted molar refractivity (Wildman–Crippen MR) is 86.4 cm³/mol. The predicted octanol–water partition coefficient (Wildman–Crippen LogP) is 3.39. The maximum absolute atomic E-state index is 12.0. The third kappa shape index (κ3) is 2.93. The average Bonchev–Trinajstić information content (AvgIpc) is 2.41. The minimum absolute atomic E-state index is 0.143. The lowest BCUT2D eigenvalue weighted by Crippen LogP contribution is -2.14. The van der Waals surface area contributed by atoms with Gasteiger partial charge in [-0.15, -0.1) is 0 Å². The number of aromatic nitrogens is 2. The van der Waals surface area contributed by atoms with E-state index in [9.17, 15) is 4.79 Å². The van der Waals surface area contributed by atoms with Crippen LogP contribution in [0.3, 0.4) is 0 Å². The Labute approximate surface area is 127 Å². The quantitative estimate of drug-likeness (QED) is 0.935. The number of aromatic amines is 1. The molecule has 0 unspecified atom stereocenters. The molecule has 0 saturated carbocycles. The Morgan fingerprint density at radius 1 is 1.20 bits per heavy atom. The van der Waals surface area contributed by atoms with Gasteiger partial charge in [-0.05, 0) is 46.1 Å². The second kappa shape index (κ2) is 5.79. The minimum Gasteiger partial charge on any atom is -0.378 e. The first kappa shape index (κ1) is 14.8. The van der Waals surface area contributed by atoms with Gasteiger partial charge in [-0.2, -0.15) is 0 Å². The molecule has 0 aliphatic carbocycles. The summed E-state index contributed by atoms with van der Waals surface area (Å²) >= 11 is 3.31. The summed E-state index contributed by atoms with van der Waals surface area (Å²) in [5.41, 5.74) is 2.65. The molecule has 2 rings (SSSR count). The van der Waals surface area contributed by atoms with Crippen molar-refractivity contribution >= 4 is 21.6 Å².